The number of hydrogen-bond donors (Lipinski definition) is 0. The molecular formula is C14H30N2O. The number of ether oxygens (including phenoxy) is 1. The fourth-order valence-corrected chi connectivity index (χ4v) is 2.13. The van der Waals surface area contributed by atoms with Crippen LogP contribution in [0.2, 0.25) is 0 Å². The average Bonchev–Trinajstić information content (AvgIpc) is 3.09. The Hall–Kier alpha value is -0.120. The first-order valence-corrected chi connectivity index (χ1v) is 7.12. The van der Waals surface area contributed by atoms with Crippen LogP contribution < -0.4 is 0 Å². The van der Waals surface area contributed by atoms with Crippen LogP contribution in [0.1, 0.15) is 26.7 Å². The molecule has 0 heterocycles. The van der Waals surface area contributed by atoms with E-state index in [2.05, 4.69) is 37.7 Å². The van der Waals surface area contributed by atoms with Crippen molar-refractivity contribution in [3.8, 4) is 0 Å². The summed E-state index contributed by atoms with van der Waals surface area (Å²) in [6, 6.07) is 0. The summed E-state index contributed by atoms with van der Waals surface area (Å²) < 4.78 is 5.47. The zero-order chi connectivity index (χ0) is 12.7. The normalized spacial score (nSPS) is 23.6. The number of hydrogen-bond acceptors (Lipinski definition) is 3. The van der Waals surface area contributed by atoms with Gasteiger partial charge in [0.05, 0.1) is 0 Å². The van der Waals surface area contributed by atoms with Gasteiger partial charge in [-0.3, -0.25) is 0 Å². The van der Waals surface area contributed by atoms with E-state index in [0.717, 1.165) is 31.6 Å². The molecule has 1 rings (SSSR count). The van der Waals surface area contributed by atoms with Gasteiger partial charge >= 0.3 is 0 Å². The van der Waals surface area contributed by atoms with Crippen LogP contribution in [0.5, 0.6) is 0 Å². The van der Waals surface area contributed by atoms with E-state index in [9.17, 15) is 0 Å². The van der Waals surface area contributed by atoms with Crippen LogP contribution >= 0.6 is 0 Å². The SMILES string of the molecule is CCOCC1CC1CCN(C)CCN(C)CC. The summed E-state index contributed by atoms with van der Waals surface area (Å²) in [6.45, 7) is 10.9. The summed E-state index contributed by atoms with van der Waals surface area (Å²) in [5.41, 5.74) is 0. The van der Waals surface area contributed by atoms with E-state index in [1.165, 1.54) is 32.5 Å². The fraction of sp³-hybridized carbons (Fsp3) is 1.00. The highest BCUT2D eigenvalue weighted by atomic mass is 16.5. The third kappa shape index (κ3) is 6.39. The van der Waals surface area contributed by atoms with Crippen LogP contribution in [0.4, 0.5) is 0 Å². The first-order chi connectivity index (χ1) is 8.17. The van der Waals surface area contributed by atoms with E-state index >= 15 is 0 Å². The van der Waals surface area contributed by atoms with Gasteiger partial charge in [0.2, 0.25) is 0 Å². The van der Waals surface area contributed by atoms with Gasteiger partial charge in [-0.1, -0.05) is 6.92 Å². The molecule has 1 saturated carbocycles. The molecule has 3 nitrogen and oxygen atoms in total. The molecule has 0 spiro atoms. The molecule has 1 aliphatic rings. The Balaban J connectivity index is 1.96. The molecule has 0 aromatic heterocycles. The van der Waals surface area contributed by atoms with E-state index in [1.807, 2.05) is 0 Å². The fourth-order valence-electron chi connectivity index (χ4n) is 2.13. The predicted octanol–water partition coefficient (Wildman–Crippen LogP) is 1.93. The minimum atomic E-state index is 0.863. The van der Waals surface area contributed by atoms with Crippen molar-refractivity contribution < 1.29 is 4.74 Å². The molecule has 0 aliphatic heterocycles. The molecule has 3 heteroatoms. The lowest BCUT2D eigenvalue weighted by Crippen LogP contribution is -2.31. The van der Waals surface area contributed by atoms with Gasteiger partial charge in [-0.05, 0) is 58.8 Å². The lowest BCUT2D eigenvalue weighted by molar-refractivity contribution is 0.132. The number of nitrogens with zero attached hydrogens (tertiary/aromatic N) is 2. The first-order valence-electron chi connectivity index (χ1n) is 7.12. The smallest absolute Gasteiger partial charge is 0.0496 e. The van der Waals surface area contributed by atoms with Gasteiger partial charge in [0, 0.05) is 26.3 Å². The Kier molecular flexibility index (Phi) is 7.09. The second kappa shape index (κ2) is 8.06. The van der Waals surface area contributed by atoms with Gasteiger partial charge < -0.3 is 14.5 Å². The second-order valence-corrected chi connectivity index (χ2v) is 5.40. The minimum Gasteiger partial charge on any atom is -0.381 e. The molecule has 1 aliphatic carbocycles. The van der Waals surface area contributed by atoms with E-state index in [0.29, 0.717) is 0 Å². The van der Waals surface area contributed by atoms with E-state index in [1.54, 1.807) is 0 Å². The van der Waals surface area contributed by atoms with E-state index in [4.69, 9.17) is 4.74 Å². The summed E-state index contributed by atoms with van der Waals surface area (Å²) in [5, 5.41) is 0. The van der Waals surface area contributed by atoms with Crippen LogP contribution in [-0.4, -0.2) is 63.3 Å². The average molecular weight is 242 g/mol. The molecule has 102 valence electrons. The minimum absolute atomic E-state index is 0.863. The summed E-state index contributed by atoms with van der Waals surface area (Å²) in [4.78, 5) is 4.83. The highest BCUT2D eigenvalue weighted by Gasteiger charge is 2.36. The molecule has 2 unspecified atom stereocenters. The van der Waals surface area contributed by atoms with Gasteiger partial charge in [0.15, 0.2) is 0 Å². The lowest BCUT2D eigenvalue weighted by atomic mass is 10.2. The second-order valence-electron chi connectivity index (χ2n) is 5.40. The topological polar surface area (TPSA) is 15.7 Å². The van der Waals surface area contributed by atoms with Crippen molar-refractivity contribution in [1.82, 2.24) is 9.80 Å². The van der Waals surface area contributed by atoms with Crippen LogP contribution in [0, 0.1) is 11.8 Å². The van der Waals surface area contributed by atoms with Crippen molar-refractivity contribution in [2.75, 3.05) is 53.5 Å². The third-order valence-electron chi connectivity index (χ3n) is 3.89. The predicted molar refractivity (Wildman–Crippen MR) is 73.4 cm³/mol. The Morgan fingerprint density at radius 3 is 2.35 bits per heavy atom. The van der Waals surface area contributed by atoms with E-state index < -0.39 is 0 Å². The van der Waals surface area contributed by atoms with Gasteiger partial charge in [-0.15, -0.1) is 0 Å². The Bertz CT molecular complexity index is 199. The molecular weight excluding hydrogens is 212 g/mol. The molecule has 0 N–H and O–H groups in total. The molecule has 0 aromatic carbocycles. The van der Waals surface area contributed by atoms with Crippen molar-refractivity contribution >= 4 is 0 Å². The van der Waals surface area contributed by atoms with Crippen LogP contribution in [0.3, 0.4) is 0 Å². The summed E-state index contributed by atoms with van der Waals surface area (Å²) in [6.07, 6.45) is 2.74. The Morgan fingerprint density at radius 2 is 1.71 bits per heavy atom. The molecule has 2 atom stereocenters. The van der Waals surface area contributed by atoms with Crippen molar-refractivity contribution in [3.05, 3.63) is 0 Å². The number of likely N-dealkylation sites (N-methyl/N-ethyl adjacent to an activating group) is 2. The summed E-state index contributed by atoms with van der Waals surface area (Å²) in [7, 11) is 4.43. The van der Waals surface area contributed by atoms with Gasteiger partial charge in [0.25, 0.3) is 0 Å². The van der Waals surface area contributed by atoms with Crippen molar-refractivity contribution in [2.45, 2.75) is 26.7 Å². The van der Waals surface area contributed by atoms with Crippen LogP contribution in [-0.2, 0) is 4.74 Å². The Labute approximate surface area is 107 Å². The summed E-state index contributed by atoms with van der Waals surface area (Å²) >= 11 is 0. The number of rotatable bonds is 10. The van der Waals surface area contributed by atoms with Gasteiger partial charge in [0.1, 0.15) is 0 Å². The van der Waals surface area contributed by atoms with Crippen molar-refractivity contribution in [3.63, 3.8) is 0 Å². The maximum Gasteiger partial charge on any atom is 0.0496 e. The molecule has 17 heavy (non-hydrogen) atoms. The zero-order valence-electron chi connectivity index (χ0n) is 12.1. The first kappa shape index (κ1) is 14.9. The molecule has 1 fully saturated rings. The largest absolute Gasteiger partial charge is 0.381 e. The lowest BCUT2D eigenvalue weighted by Gasteiger charge is -2.20. The van der Waals surface area contributed by atoms with Crippen molar-refractivity contribution in [1.29, 1.82) is 0 Å². The molecule has 0 saturated heterocycles. The monoisotopic (exact) mass is 242 g/mol. The maximum absolute atomic E-state index is 5.47. The zero-order valence-corrected chi connectivity index (χ0v) is 12.1. The highest BCUT2D eigenvalue weighted by Crippen LogP contribution is 2.41. The van der Waals surface area contributed by atoms with E-state index in [-0.39, 0.29) is 0 Å². The summed E-state index contributed by atoms with van der Waals surface area (Å²) in [5.74, 6) is 1.80. The Morgan fingerprint density at radius 1 is 1.00 bits per heavy atom. The van der Waals surface area contributed by atoms with Gasteiger partial charge in [-0.25, -0.2) is 0 Å². The maximum atomic E-state index is 5.47. The molecule has 0 amide bonds. The van der Waals surface area contributed by atoms with Crippen LogP contribution in [0.15, 0.2) is 0 Å². The van der Waals surface area contributed by atoms with Crippen LogP contribution in [0.25, 0.3) is 0 Å². The highest BCUT2D eigenvalue weighted by molar-refractivity contribution is 4.86. The quantitative estimate of drug-likeness (QED) is 0.582. The van der Waals surface area contributed by atoms with Gasteiger partial charge in [-0.2, -0.15) is 0 Å². The van der Waals surface area contributed by atoms with Crippen molar-refractivity contribution in [2.24, 2.45) is 11.8 Å². The molecule has 0 radical (unpaired) electrons. The third-order valence-corrected chi connectivity index (χ3v) is 3.89. The molecule has 0 bridgehead atoms. The molecule has 0 aromatic rings. The standard InChI is InChI=1S/C14H30N2O/c1-5-15(3)9-10-16(4)8-7-13-11-14(13)12-17-6-2/h13-14H,5-12H2,1-4H3.